The topological polar surface area (TPSA) is 82.2 Å². The molecule has 1 N–H and O–H groups in total. The number of amides is 3. The first-order chi connectivity index (χ1) is 20.9. The van der Waals surface area contributed by atoms with Gasteiger partial charge in [0.05, 0.1) is 17.7 Å². The third kappa shape index (κ3) is 7.53. The van der Waals surface area contributed by atoms with Crippen LogP contribution in [0.3, 0.4) is 0 Å². The first kappa shape index (κ1) is 29.7. The van der Waals surface area contributed by atoms with Crippen LogP contribution in [0.5, 0.6) is 5.75 Å². The van der Waals surface area contributed by atoms with Gasteiger partial charge >= 0.3 is 0 Å². The number of nitrogens with one attached hydrogen (secondary N) is 1. The van der Waals surface area contributed by atoms with Crippen molar-refractivity contribution in [2.45, 2.75) is 6.54 Å². The molecular formula is C34H33ClN4O4. The van der Waals surface area contributed by atoms with Crippen molar-refractivity contribution in [2.75, 3.05) is 50.1 Å². The molecule has 220 valence electrons. The summed E-state index contributed by atoms with van der Waals surface area (Å²) in [6.07, 6.45) is 0. The second kappa shape index (κ2) is 13.9. The van der Waals surface area contributed by atoms with Gasteiger partial charge in [0.1, 0.15) is 12.3 Å². The van der Waals surface area contributed by atoms with E-state index in [2.05, 4.69) is 10.2 Å². The van der Waals surface area contributed by atoms with Crippen LogP contribution in [0.2, 0.25) is 5.02 Å². The normalized spacial score (nSPS) is 12.9. The lowest BCUT2D eigenvalue weighted by Crippen LogP contribution is -2.48. The van der Waals surface area contributed by atoms with Crippen LogP contribution in [0.1, 0.15) is 26.3 Å². The number of piperazine rings is 1. The van der Waals surface area contributed by atoms with Crippen molar-refractivity contribution in [1.82, 2.24) is 9.80 Å². The average Bonchev–Trinajstić information content (AvgIpc) is 3.05. The van der Waals surface area contributed by atoms with E-state index in [-0.39, 0.29) is 30.8 Å². The first-order valence-electron chi connectivity index (χ1n) is 14.1. The number of nitrogens with zero attached hydrogens (tertiary/aromatic N) is 3. The van der Waals surface area contributed by atoms with Crippen molar-refractivity contribution in [2.24, 2.45) is 0 Å². The standard InChI is InChI=1S/C34H33ClN4O4/c1-43-29-17-11-26(12-18-29)33(41)38-21-19-37(20-22-38)28-15-13-27(14-16-28)36-32(40)24-39(23-25-7-3-2-4-8-25)34(42)30-9-5-6-10-31(30)35/h2-18H,19-24H2,1H3,(H,36,40). The van der Waals surface area contributed by atoms with E-state index in [1.165, 1.54) is 4.90 Å². The van der Waals surface area contributed by atoms with E-state index in [1.54, 1.807) is 55.6 Å². The van der Waals surface area contributed by atoms with Crippen molar-refractivity contribution in [1.29, 1.82) is 0 Å². The summed E-state index contributed by atoms with van der Waals surface area (Å²) in [5.41, 5.74) is 3.54. The summed E-state index contributed by atoms with van der Waals surface area (Å²) in [6, 6.07) is 31.1. The molecule has 1 fully saturated rings. The average molecular weight is 597 g/mol. The van der Waals surface area contributed by atoms with Gasteiger partial charge in [-0.15, -0.1) is 0 Å². The zero-order valence-corrected chi connectivity index (χ0v) is 24.7. The molecule has 0 radical (unpaired) electrons. The van der Waals surface area contributed by atoms with Crippen LogP contribution in [0.25, 0.3) is 0 Å². The van der Waals surface area contributed by atoms with Gasteiger partial charge in [0.15, 0.2) is 0 Å². The largest absolute Gasteiger partial charge is 0.497 e. The zero-order chi connectivity index (χ0) is 30.2. The Labute approximate surface area is 256 Å². The van der Waals surface area contributed by atoms with E-state index in [0.717, 1.165) is 17.0 Å². The van der Waals surface area contributed by atoms with Crippen LogP contribution in [-0.2, 0) is 11.3 Å². The van der Waals surface area contributed by atoms with Crippen molar-refractivity contribution in [3.63, 3.8) is 0 Å². The molecule has 0 unspecified atom stereocenters. The number of ether oxygens (including phenoxy) is 1. The predicted octanol–water partition coefficient (Wildman–Crippen LogP) is 5.59. The highest BCUT2D eigenvalue weighted by Gasteiger charge is 2.23. The quantitative estimate of drug-likeness (QED) is 0.272. The van der Waals surface area contributed by atoms with Crippen LogP contribution in [0.15, 0.2) is 103 Å². The summed E-state index contributed by atoms with van der Waals surface area (Å²) >= 11 is 6.30. The van der Waals surface area contributed by atoms with Crippen LogP contribution in [0.4, 0.5) is 11.4 Å². The summed E-state index contributed by atoms with van der Waals surface area (Å²) in [5.74, 6) is 0.102. The van der Waals surface area contributed by atoms with Gasteiger partial charge in [0.2, 0.25) is 5.91 Å². The van der Waals surface area contributed by atoms with E-state index < -0.39 is 0 Å². The number of carbonyl (C=O) groups is 3. The summed E-state index contributed by atoms with van der Waals surface area (Å²) in [5, 5.41) is 3.25. The summed E-state index contributed by atoms with van der Waals surface area (Å²) in [4.78, 5) is 44.9. The second-order valence-electron chi connectivity index (χ2n) is 10.2. The van der Waals surface area contributed by atoms with Gasteiger partial charge in [-0.3, -0.25) is 14.4 Å². The van der Waals surface area contributed by atoms with Gasteiger partial charge in [-0.2, -0.15) is 0 Å². The minimum atomic E-state index is -0.315. The highest BCUT2D eigenvalue weighted by atomic mass is 35.5. The molecule has 43 heavy (non-hydrogen) atoms. The highest BCUT2D eigenvalue weighted by Crippen LogP contribution is 2.22. The zero-order valence-electron chi connectivity index (χ0n) is 23.9. The van der Waals surface area contributed by atoms with Gasteiger partial charge in [-0.25, -0.2) is 0 Å². The maximum Gasteiger partial charge on any atom is 0.256 e. The third-order valence-electron chi connectivity index (χ3n) is 7.36. The van der Waals surface area contributed by atoms with Crippen LogP contribution < -0.4 is 15.0 Å². The van der Waals surface area contributed by atoms with E-state index in [9.17, 15) is 14.4 Å². The number of rotatable bonds is 9. The third-order valence-corrected chi connectivity index (χ3v) is 7.69. The fraction of sp³-hybridized carbons (Fsp3) is 0.206. The predicted molar refractivity (Wildman–Crippen MR) is 169 cm³/mol. The maximum absolute atomic E-state index is 13.4. The Morgan fingerprint density at radius 1 is 0.814 bits per heavy atom. The highest BCUT2D eigenvalue weighted by molar-refractivity contribution is 6.33. The van der Waals surface area contributed by atoms with Gasteiger partial charge in [0.25, 0.3) is 11.8 Å². The fourth-order valence-corrected chi connectivity index (χ4v) is 5.24. The second-order valence-corrected chi connectivity index (χ2v) is 10.6. The number of benzene rings is 4. The molecule has 0 spiro atoms. The molecule has 0 atom stereocenters. The number of carbonyl (C=O) groups excluding carboxylic acids is 3. The SMILES string of the molecule is COc1ccc(C(=O)N2CCN(c3ccc(NC(=O)CN(Cc4ccccc4)C(=O)c4ccccc4Cl)cc3)CC2)cc1. The van der Waals surface area contributed by atoms with Crippen molar-refractivity contribution in [3.8, 4) is 5.75 Å². The smallest absolute Gasteiger partial charge is 0.256 e. The molecule has 1 heterocycles. The van der Waals surface area contributed by atoms with E-state index in [0.29, 0.717) is 48.0 Å². The lowest BCUT2D eigenvalue weighted by molar-refractivity contribution is -0.117. The Kier molecular flexibility index (Phi) is 9.59. The van der Waals surface area contributed by atoms with Crippen LogP contribution >= 0.6 is 11.6 Å². The van der Waals surface area contributed by atoms with E-state index >= 15 is 0 Å². The molecule has 9 heteroatoms. The monoisotopic (exact) mass is 596 g/mol. The molecule has 1 aliphatic rings. The molecule has 1 saturated heterocycles. The lowest BCUT2D eigenvalue weighted by Gasteiger charge is -2.36. The molecule has 1 aliphatic heterocycles. The first-order valence-corrected chi connectivity index (χ1v) is 14.4. The Morgan fingerprint density at radius 2 is 1.47 bits per heavy atom. The van der Waals surface area contributed by atoms with Gasteiger partial charge in [0, 0.05) is 49.7 Å². The molecule has 4 aromatic carbocycles. The molecule has 5 rings (SSSR count). The number of hydrogen-bond donors (Lipinski definition) is 1. The number of methoxy groups -OCH3 is 1. The van der Waals surface area contributed by atoms with Gasteiger partial charge in [-0.1, -0.05) is 54.1 Å². The number of anilines is 2. The molecule has 8 nitrogen and oxygen atoms in total. The summed E-state index contributed by atoms with van der Waals surface area (Å²) in [7, 11) is 1.60. The number of halogens is 1. The molecule has 0 saturated carbocycles. The van der Waals surface area contributed by atoms with Gasteiger partial charge < -0.3 is 24.8 Å². The lowest BCUT2D eigenvalue weighted by atomic mass is 10.1. The molecule has 0 bridgehead atoms. The van der Waals surface area contributed by atoms with Gasteiger partial charge in [-0.05, 0) is 66.2 Å². The Hall–Kier alpha value is -4.82. The Balaban J connectivity index is 1.18. The van der Waals surface area contributed by atoms with Crippen molar-refractivity contribution < 1.29 is 19.1 Å². The van der Waals surface area contributed by atoms with Crippen molar-refractivity contribution >= 4 is 40.7 Å². The maximum atomic E-state index is 13.4. The molecule has 3 amide bonds. The molecule has 0 aliphatic carbocycles. The number of hydrogen-bond acceptors (Lipinski definition) is 5. The Bertz CT molecular complexity index is 1550. The molecule has 0 aromatic heterocycles. The molecule has 4 aromatic rings. The minimum Gasteiger partial charge on any atom is -0.497 e. The van der Waals surface area contributed by atoms with E-state index in [4.69, 9.17) is 16.3 Å². The fourth-order valence-electron chi connectivity index (χ4n) is 5.02. The van der Waals surface area contributed by atoms with Crippen molar-refractivity contribution in [3.05, 3.63) is 125 Å². The summed E-state index contributed by atoms with van der Waals surface area (Å²) in [6.45, 7) is 2.76. The Morgan fingerprint density at radius 3 is 2.12 bits per heavy atom. The van der Waals surface area contributed by atoms with Crippen LogP contribution in [0, 0.1) is 0 Å². The minimum absolute atomic E-state index is 0.00897. The molecular weight excluding hydrogens is 564 g/mol. The summed E-state index contributed by atoms with van der Waals surface area (Å²) < 4.78 is 5.18. The van der Waals surface area contributed by atoms with Crippen LogP contribution in [-0.4, -0.2) is 67.4 Å². The van der Waals surface area contributed by atoms with E-state index in [1.807, 2.05) is 59.5 Å².